The van der Waals surface area contributed by atoms with Crippen molar-refractivity contribution in [2.75, 3.05) is 5.32 Å². The van der Waals surface area contributed by atoms with E-state index in [1.54, 1.807) is 24.3 Å². The number of hydrogen-bond acceptors (Lipinski definition) is 2. The van der Waals surface area contributed by atoms with Crippen LogP contribution in [0.2, 0.25) is 0 Å². The minimum atomic E-state index is -0.0561. The van der Waals surface area contributed by atoms with Crippen molar-refractivity contribution < 1.29 is 9.59 Å². The molecule has 23 heavy (non-hydrogen) atoms. The van der Waals surface area contributed by atoms with Crippen molar-refractivity contribution in [1.82, 2.24) is 5.32 Å². The minimum absolute atomic E-state index is 0.00500. The molecular weight excluding hydrogens is 288 g/mol. The third-order valence-electron chi connectivity index (χ3n) is 3.78. The molecule has 2 amide bonds. The van der Waals surface area contributed by atoms with E-state index in [1.165, 1.54) is 19.3 Å². The van der Waals surface area contributed by atoms with Gasteiger partial charge in [-0.15, -0.1) is 0 Å². The molecule has 0 heterocycles. The normalized spacial score (nSPS) is 11.8. The lowest BCUT2D eigenvalue weighted by atomic mass is 10.1. The summed E-state index contributed by atoms with van der Waals surface area (Å²) in [5, 5.41) is 5.85. The second kappa shape index (κ2) is 10.8. The van der Waals surface area contributed by atoms with Crippen LogP contribution in [0.3, 0.4) is 0 Å². The van der Waals surface area contributed by atoms with Crippen LogP contribution in [0.15, 0.2) is 24.3 Å². The molecule has 0 aliphatic heterocycles. The molecular formula is C19H30N2O2. The van der Waals surface area contributed by atoms with E-state index in [0.717, 1.165) is 24.9 Å². The van der Waals surface area contributed by atoms with Gasteiger partial charge < -0.3 is 10.6 Å². The summed E-state index contributed by atoms with van der Waals surface area (Å²) in [6.45, 7) is 6.21. The van der Waals surface area contributed by atoms with Crippen LogP contribution in [0.5, 0.6) is 0 Å². The van der Waals surface area contributed by atoms with Crippen LogP contribution in [-0.2, 0) is 4.79 Å². The maximum Gasteiger partial charge on any atom is 0.251 e. The second-order valence-electron chi connectivity index (χ2n) is 6.10. The molecule has 1 aromatic carbocycles. The molecule has 0 fully saturated rings. The molecule has 0 aliphatic rings. The highest BCUT2D eigenvalue weighted by molar-refractivity contribution is 5.95. The number of carbonyl (C=O) groups excluding carboxylic acids is 2. The van der Waals surface area contributed by atoms with Crippen LogP contribution >= 0.6 is 0 Å². The number of rotatable bonds is 10. The Morgan fingerprint density at radius 1 is 1.00 bits per heavy atom. The average molecular weight is 318 g/mol. The van der Waals surface area contributed by atoms with E-state index in [-0.39, 0.29) is 17.9 Å². The maximum atomic E-state index is 12.2. The zero-order valence-electron chi connectivity index (χ0n) is 14.7. The van der Waals surface area contributed by atoms with Crippen molar-refractivity contribution in [3.05, 3.63) is 29.8 Å². The smallest absolute Gasteiger partial charge is 0.251 e. The van der Waals surface area contributed by atoms with Gasteiger partial charge in [-0.05, 0) is 44.0 Å². The van der Waals surface area contributed by atoms with Crippen LogP contribution in [0.4, 0.5) is 5.69 Å². The Morgan fingerprint density at radius 3 is 2.30 bits per heavy atom. The van der Waals surface area contributed by atoms with Crippen LogP contribution in [0, 0.1) is 0 Å². The van der Waals surface area contributed by atoms with Crippen molar-refractivity contribution in [1.29, 1.82) is 0 Å². The molecule has 0 bridgehead atoms. The monoisotopic (exact) mass is 318 g/mol. The first-order chi connectivity index (χ1) is 11.1. The highest BCUT2D eigenvalue weighted by Crippen LogP contribution is 2.11. The third-order valence-corrected chi connectivity index (χ3v) is 3.78. The van der Waals surface area contributed by atoms with E-state index in [1.807, 2.05) is 13.8 Å². The van der Waals surface area contributed by atoms with Crippen molar-refractivity contribution in [2.45, 2.75) is 71.8 Å². The van der Waals surface area contributed by atoms with E-state index >= 15 is 0 Å². The lowest BCUT2D eigenvalue weighted by Gasteiger charge is -2.14. The minimum Gasteiger partial charge on any atom is -0.350 e. The van der Waals surface area contributed by atoms with E-state index < -0.39 is 0 Å². The SMILES string of the molecule is CCCCCC[C@@H](C)NC(=O)c1ccc(NC(=O)CCC)cc1. The fourth-order valence-electron chi connectivity index (χ4n) is 2.41. The van der Waals surface area contributed by atoms with Gasteiger partial charge in [0.15, 0.2) is 0 Å². The molecule has 0 unspecified atom stereocenters. The number of benzene rings is 1. The molecule has 1 aromatic rings. The fourth-order valence-corrected chi connectivity index (χ4v) is 2.41. The molecule has 0 spiro atoms. The lowest BCUT2D eigenvalue weighted by molar-refractivity contribution is -0.116. The standard InChI is InChI=1S/C19H30N2O2/c1-4-6-7-8-10-15(3)20-19(23)16-11-13-17(14-12-16)21-18(22)9-5-2/h11-15H,4-10H2,1-3H3,(H,20,23)(H,21,22)/t15-/m1/s1. The van der Waals surface area contributed by atoms with Crippen LogP contribution in [0.25, 0.3) is 0 Å². The van der Waals surface area contributed by atoms with Crippen molar-refractivity contribution in [3.63, 3.8) is 0 Å². The Hall–Kier alpha value is -1.84. The Kier molecular flexibility index (Phi) is 9.03. The molecule has 4 nitrogen and oxygen atoms in total. The first-order valence-electron chi connectivity index (χ1n) is 8.77. The molecule has 128 valence electrons. The Balaban J connectivity index is 2.42. The predicted octanol–water partition coefficient (Wildman–Crippen LogP) is 4.51. The summed E-state index contributed by atoms with van der Waals surface area (Å²) in [5.74, 6) is -0.0511. The van der Waals surface area contributed by atoms with Gasteiger partial charge in [-0.25, -0.2) is 0 Å². The number of anilines is 1. The summed E-state index contributed by atoms with van der Waals surface area (Å²) in [6, 6.07) is 7.23. The molecule has 1 atom stereocenters. The van der Waals surface area contributed by atoms with Crippen molar-refractivity contribution in [3.8, 4) is 0 Å². The summed E-state index contributed by atoms with van der Waals surface area (Å²) in [7, 11) is 0. The highest BCUT2D eigenvalue weighted by atomic mass is 16.2. The van der Waals surface area contributed by atoms with E-state index in [0.29, 0.717) is 12.0 Å². The molecule has 0 aliphatic carbocycles. The largest absolute Gasteiger partial charge is 0.350 e. The Bertz CT molecular complexity index is 483. The van der Waals surface area contributed by atoms with Gasteiger partial charge in [0.1, 0.15) is 0 Å². The molecule has 0 saturated carbocycles. The molecule has 0 aromatic heterocycles. The summed E-state index contributed by atoms with van der Waals surface area (Å²) in [4.78, 5) is 23.7. The quantitative estimate of drug-likeness (QED) is 0.623. The molecule has 4 heteroatoms. The predicted molar refractivity (Wildman–Crippen MR) is 95.7 cm³/mol. The van der Waals surface area contributed by atoms with Crippen LogP contribution < -0.4 is 10.6 Å². The number of hydrogen-bond donors (Lipinski definition) is 2. The topological polar surface area (TPSA) is 58.2 Å². The van der Waals surface area contributed by atoms with E-state index in [9.17, 15) is 9.59 Å². The van der Waals surface area contributed by atoms with Gasteiger partial charge in [0.05, 0.1) is 0 Å². The summed E-state index contributed by atoms with van der Waals surface area (Å²) in [5.41, 5.74) is 1.35. The summed E-state index contributed by atoms with van der Waals surface area (Å²) in [6.07, 6.45) is 7.20. The average Bonchev–Trinajstić information content (AvgIpc) is 2.52. The summed E-state index contributed by atoms with van der Waals surface area (Å²) >= 11 is 0. The van der Waals surface area contributed by atoms with Gasteiger partial charge in [0.25, 0.3) is 5.91 Å². The Labute approximate surface area is 140 Å². The fraction of sp³-hybridized carbons (Fsp3) is 0.579. The molecule has 0 radical (unpaired) electrons. The summed E-state index contributed by atoms with van der Waals surface area (Å²) < 4.78 is 0. The zero-order valence-corrected chi connectivity index (χ0v) is 14.7. The van der Waals surface area contributed by atoms with E-state index in [4.69, 9.17) is 0 Å². The van der Waals surface area contributed by atoms with Crippen molar-refractivity contribution >= 4 is 17.5 Å². The van der Waals surface area contributed by atoms with Gasteiger partial charge in [0.2, 0.25) is 5.91 Å². The van der Waals surface area contributed by atoms with Gasteiger partial charge in [-0.1, -0.05) is 39.5 Å². The van der Waals surface area contributed by atoms with E-state index in [2.05, 4.69) is 17.6 Å². The first kappa shape index (κ1) is 19.2. The maximum absolute atomic E-state index is 12.2. The van der Waals surface area contributed by atoms with Crippen molar-refractivity contribution in [2.24, 2.45) is 0 Å². The van der Waals surface area contributed by atoms with Crippen LogP contribution in [0.1, 0.15) is 76.1 Å². The van der Waals surface area contributed by atoms with Gasteiger partial charge in [-0.3, -0.25) is 9.59 Å². The zero-order chi connectivity index (χ0) is 17.1. The number of amides is 2. The molecule has 1 rings (SSSR count). The Morgan fingerprint density at radius 2 is 1.70 bits per heavy atom. The highest BCUT2D eigenvalue weighted by Gasteiger charge is 2.10. The number of nitrogens with one attached hydrogen (secondary N) is 2. The van der Waals surface area contributed by atoms with Gasteiger partial charge in [0, 0.05) is 23.7 Å². The molecule has 2 N–H and O–H groups in total. The number of unbranched alkanes of at least 4 members (excludes halogenated alkanes) is 3. The van der Waals surface area contributed by atoms with Crippen LogP contribution in [-0.4, -0.2) is 17.9 Å². The lowest BCUT2D eigenvalue weighted by Crippen LogP contribution is -2.32. The second-order valence-corrected chi connectivity index (χ2v) is 6.10. The molecule has 0 saturated heterocycles. The van der Waals surface area contributed by atoms with Gasteiger partial charge >= 0.3 is 0 Å². The number of carbonyl (C=O) groups is 2. The van der Waals surface area contributed by atoms with Gasteiger partial charge in [-0.2, -0.15) is 0 Å². The third kappa shape index (κ3) is 7.82. The first-order valence-corrected chi connectivity index (χ1v) is 8.77.